The number of rotatable bonds is 6. The zero-order chi connectivity index (χ0) is 12.7. The van der Waals surface area contributed by atoms with Crippen molar-refractivity contribution in [2.24, 2.45) is 0 Å². The minimum Gasteiger partial charge on any atom is -0.395 e. The molecule has 1 N–H and O–H groups in total. The lowest BCUT2D eigenvalue weighted by molar-refractivity contribution is 0.303. The van der Waals surface area contributed by atoms with Crippen molar-refractivity contribution in [3.05, 3.63) is 36.4 Å². The number of anilines is 1. The van der Waals surface area contributed by atoms with E-state index in [2.05, 4.69) is 12.6 Å². The average Bonchev–Trinajstić information content (AvgIpc) is 2.37. The standard InChI is InChI=1S/C13H16N2OS/c1-3-7-15(8-9-16)12-5-4-6-13(17-2)11(12)10-14/h3-6,16H,1,7-9H2,2H3. The lowest BCUT2D eigenvalue weighted by Gasteiger charge is -2.24. The summed E-state index contributed by atoms with van der Waals surface area (Å²) in [5.74, 6) is 0. The fraction of sp³-hybridized carbons (Fsp3) is 0.308. The molecule has 0 spiro atoms. The Bertz CT molecular complexity index is 426. The van der Waals surface area contributed by atoms with Crippen LogP contribution in [0.3, 0.4) is 0 Å². The van der Waals surface area contributed by atoms with Crippen LogP contribution >= 0.6 is 11.8 Å². The van der Waals surface area contributed by atoms with Crippen LogP contribution in [-0.2, 0) is 0 Å². The number of hydrogen-bond donors (Lipinski definition) is 1. The molecule has 1 aromatic carbocycles. The van der Waals surface area contributed by atoms with E-state index < -0.39 is 0 Å². The predicted molar refractivity (Wildman–Crippen MR) is 72.4 cm³/mol. The van der Waals surface area contributed by atoms with Crippen molar-refractivity contribution in [1.29, 1.82) is 5.26 Å². The number of aliphatic hydroxyl groups excluding tert-OH is 1. The molecule has 0 amide bonds. The molecule has 0 aliphatic rings. The Hall–Kier alpha value is -1.44. The number of nitriles is 1. The summed E-state index contributed by atoms with van der Waals surface area (Å²) in [4.78, 5) is 2.91. The zero-order valence-corrected chi connectivity index (χ0v) is 10.7. The van der Waals surface area contributed by atoms with E-state index in [4.69, 9.17) is 5.11 Å². The molecule has 0 radical (unpaired) electrons. The number of nitrogens with zero attached hydrogens (tertiary/aromatic N) is 2. The monoisotopic (exact) mass is 248 g/mol. The third-order valence-corrected chi connectivity index (χ3v) is 3.18. The van der Waals surface area contributed by atoms with Gasteiger partial charge in [0, 0.05) is 18.0 Å². The lowest BCUT2D eigenvalue weighted by Crippen LogP contribution is -2.27. The summed E-state index contributed by atoms with van der Waals surface area (Å²) in [5.41, 5.74) is 1.52. The fourth-order valence-electron chi connectivity index (χ4n) is 1.65. The Kier molecular flexibility index (Phi) is 5.61. The van der Waals surface area contributed by atoms with E-state index in [1.165, 1.54) is 0 Å². The molecule has 0 unspecified atom stereocenters. The molecular weight excluding hydrogens is 232 g/mol. The van der Waals surface area contributed by atoms with Crippen LogP contribution in [0.5, 0.6) is 0 Å². The maximum Gasteiger partial charge on any atom is 0.103 e. The molecule has 17 heavy (non-hydrogen) atoms. The largest absolute Gasteiger partial charge is 0.395 e. The third-order valence-electron chi connectivity index (χ3n) is 2.40. The minimum absolute atomic E-state index is 0.0577. The van der Waals surface area contributed by atoms with Gasteiger partial charge in [0.1, 0.15) is 6.07 Å². The highest BCUT2D eigenvalue weighted by Crippen LogP contribution is 2.28. The molecule has 0 atom stereocenters. The highest BCUT2D eigenvalue weighted by atomic mass is 32.2. The average molecular weight is 248 g/mol. The maximum atomic E-state index is 9.24. The molecule has 3 nitrogen and oxygen atoms in total. The van der Waals surface area contributed by atoms with Gasteiger partial charge < -0.3 is 10.0 Å². The van der Waals surface area contributed by atoms with Gasteiger partial charge in [-0.3, -0.25) is 0 Å². The van der Waals surface area contributed by atoms with Crippen molar-refractivity contribution in [2.45, 2.75) is 4.90 Å². The molecule has 90 valence electrons. The van der Waals surface area contributed by atoms with E-state index >= 15 is 0 Å². The zero-order valence-electron chi connectivity index (χ0n) is 9.89. The van der Waals surface area contributed by atoms with E-state index in [-0.39, 0.29) is 6.61 Å². The van der Waals surface area contributed by atoms with E-state index in [9.17, 15) is 5.26 Å². The summed E-state index contributed by atoms with van der Waals surface area (Å²) in [6.07, 6.45) is 3.71. The molecule has 0 aliphatic heterocycles. The van der Waals surface area contributed by atoms with Crippen molar-refractivity contribution in [1.82, 2.24) is 0 Å². The summed E-state index contributed by atoms with van der Waals surface area (Å²) >= 11 is 1.55. The highest BCUT2D eigenvalue weighted by molar-refractivity contribution is 7.98. The molecular formula is C13H16N2OS. The highest BCUT2D eigenvalue weighted by Gasteiger charge is 2.12. The topological polar surface area (TPSA) is 47.3 Å². The lowest BCUT2D eigenvalue weighted by atomic mass is 10.1. The molecule has 1 aromatic rings. The Labute approximate surface area is 106 Å². The van der Waals surface area contributed by atoms with Crippen LogP contribution in [0.25, 0.3) is 0 Å². The molecule has 4 heteroatoms. The van der Waals surface area contributed by atoms with Gasteiger partial charge in [0.05, 0.1) is 17.9 Å². The number of benzene rings is 1. The van der Waals surface area contributed by atoms with Crippen LogP contribution in [0.2, 0.25) is 0 Å². The van der Waals surface area contributed by atoms with Gasteiger partial charge in [-0.05, 0) is 18.4 Å². The first-order chi connectivity index (χ1) is 8.28. The number of thioether (sulfide) groups is 1. The van der Waals surface area contributed by atoms with Crippen LogP contribution in [-0.4, -0.2) is 31.1 Å². The Morgan fingerprint density at radius 3 is 2.88 bits per heavy atom. The summed E-state index contributed by atoms with van der Waals surface area (Å²) in [5, 5.41) is 18.3. The predicted octanol–water partition coefficient (Wildman–Crippen LogP) is 2.26. The molecule has 0 bridgehead atoms. The third kappa shape index (κ3) is 3.26. The maximum absolute atomic E-state index is 9.24. The van der Waals surface area contributed by atoms with Crippen molar-refractivity contribution in [2.75, 3.05) is 30.9 Å². The fourth-order valence-corrected chi connectivity index (χ4v) is 2.22. The van der Waals surface area contributed by atoms with Gasteiger partial charge in [-0.15, -0.1) is 18.3 Å². The van der Waals surface area contributed by atoms with Gasteiger partial charge in [-0.25, -0.2) is 0 Å². The Morgan fingerprint density at radius 2 is 2.35 bits per heavy atom. The first kappa shape index (κ1) is 13.6. The molecule has 0 aromatic heterocycles. The van der Waals surface area contributed by atoms with Crippen molar-refractivity contribution < 1.29 is 5.11 Å². The molecule has 0 heterocycles. The van der Waals surface area contributed by atoms with Crippen LogP contribution in [0.15, 0.2) is 35.7 Å². The van der Waals surface area contributed by atoms with Crippen LogP contribution in [0.4, 0.5) is 5.69 Å². The summed E-state index contributed by atoms with van der Waals surface area (Å²) in [6, 6.07) is 7.99. The second kappa shape index (κ2) is 7.00. The van der Waals surface area contributed by atoms with Crippen molar-refractivity contribution in [3.63, 3.8) is 0 Å². The van der Waals surface area contributed by atoms with Crippen LogP contribution in [0, 0.1) is 11.3 Å². The second-order valence-corrected chi connectivity index (χ2v) is 4.27. The van der Waals surface area contributed by atoms with Gasteiger partial charge in [0.25, 0.3) is 0 Å². The molecule has 0 saturated carbocycles. The minimum atomic E-state index is 0.0577. The van der Waals surface area contributed by atoms with Gasteiger partial charge in [-0.1, -0.05) is 12.1 Å². The van der Waals surface area contributed by atoms with Crippen LogP contribution < -0.4 is 4.90 Å². The normalized spacial score (nSPS) is 9.71. The molecule has 0 aliphatic carbocycles. The first-order valence-corrected chi connectivity index (χ1v) is 6.54. The van der Waals surface area contributed by atoms with E-state index in [0.29, 0.717) is 18.7 Å². The molecule has 0 fully saturated rings. The number of hydrogen-bond acceptors (Lipinski definition) is 4. The van der Waals surface area contributed by atoms with Crippen molar-refractivity contribution >= 4 is 17.4 Å². The van der Waals surface area contributed by atoms with E-state index in [0.717, 1.165) is 10.6 Å². The Morgan fingerprint density at radius 1 is 1.59 bits per heavy atom. The molecule has 0 saturated heterocycles. The van der Waals surface area contributed by atoms with Gasteiger partial charge in [-0.2, -0.15) is 5.26 Å². The van der Waals surface area contributed by atoms with Crippen molar-refractivity contribution in [3.8, 4) is 6.07 Å². The summed E-state index contributed by atoms with van der Waals surface area (Å²) < 4.78 is 0. The summed E-state index contributed by atoms with van der Waals surface area (Å²) in [7, 11) is 0. The number of aliphatic hydroxyl groups is 1. The van der Waals surface area contributed by atoms with Gasteiger partial charge in [0.15, 0.2) is 0 Å². The van der Waals surface area contributed by atoms with Gasteiger partial charge >= 0.3 is 0 Å². The quantitative estimate of drug-likeness (QED) is 0.619. The van der Waals surface area contributed by atoms with Gasteiger partial charge in [0.2, 0.25) is 0 Å². The Balaban J connectivity index is 3.18. The smallest absolute Gasteiger partial charge is 0.103 e. The summed E-state index contributed by atoms with van der Waals surface area (Å²) in [6.45, 7) is 4.87. The van der Waals surface area contributed by atoms with E-state index in [1.54, 1.807) is 17.8 Å². The van der Waals surface area contributed by atoms with Crippen LogP contribution in [0.1, 0.15) is 5.56 Å². The molecule has 1 rings (SSSR count). The first-order valence-electron chi connectivity index (χ1n) is 5.32. The second-order valence-electron chi connectivity index (χ2n) is 3.42. The SMILES string of the molecule is C=CCN(CCO)c1cccc(SC)c1C#N. The van der Waals surface area contributed by atoms with E-state index in [1.807, 2.05) is 29.4 Å².